The number of carbonyl (C=O) groups is 2. The highest BCUT2D eigenvalue weighted by molar-refractivity contribution is 6.05. The molecule has 0 bridgehead atoms. The van der Waals surface area contributed by atoms with Crippen molar-refractivity contribution < 1.29 is 18.7 Å². The van der Waals surface area contributed by atoms with Gasteiger partial charge >= 0.3 is 0 Å². The molecule has 2 aromatic carbocycles. The van der Waals surface area contributed by atoms with Crippen LogP contribution < -0.4 is 4.74 Å². The summed E-state index contributed by atoms with van der Waals surface area (Å²) in [7, 11) is 3.40. The number of methoxy groups -OCH3 is 1. The van der Waals surface area contributed by atoms with Crippen molar-refractivity contribution in [2.24, 2.45) is 7.05 Å². The van der Waals surface area contributed by atoms with E-state index in [0.717, 1.165) is 10.9 Å². The van der Waals surface area contributed by atoms with Crippen molar-refractivity contribution in [1.82, 2.24) is 19.6 Å². The van der Waals surface area contributed by atoms with Gasteiger partial charge in [0.1, 0.15) is 11.6 Å². The van der Waals surface area contributed by atoms with E-state index in [0.29, 0.717) is 43.2 Å². The molecule has 0 unspecified atom stereocenters. The summed E-state index contributed by atoms with van der Waals surface area (Å²) in [4.78, 5) is 29.2. The lowest BCUT2D eigenvalue weighted by molar-refractivity contribution is 0.0620. The molecule has 1 aliphatic heterocycles. The first kappa shape index (κ1) is 20.0. The minimum Gasteiger partial charge on any atom is -0.497 e. The normalized spacial score (nSPS) is 14.8. The maximum atomic E-state index is 13.1. The number of amides is 1. The average molecular weight is 410 g/mol. The van der Waals surface area contributed by atoms with Gasteiger partial charge in [0.25, 0.3) is 5.91 Å². The molecule has 4 rings (SSSR count). The SMILES string of the molecule is COc1ccc2c(C(=O)N3CCN(CC(=O)c4ccc(F)cc4)CC3)nn(C)c2c1. The fourth-order valence-electron chi connectivity index (χ4n) is 3.71. The van der Waals surface area contributed by atoms with Crippen LogP contribution in [0.25, 0.3) is 10.9 Å². The van der Waals surface area contributed by atoms with Gasteiger partial charge in [-0.05, 0) is 36.4 Å². The Kier molecular flexibility index (Phi) is 5.50. The number of fused-ring (bicyclic) bond motifs is 1. The van der Waals surface area contributed by atoms with E-state index in [2.05, 4.69) is 5.10 Å². The van der Waals surface area contributed by atoms with Crippen molar-refractivity contribution in [3.05, 3.63) is 59.5 Å². The quantitative estimate of drug-likeness (QED) is 0.604. The molecule has 2 heterocycles. The molecule has 0 N–H and O–H groups in total. The van der Waals surface area contributed by atoms with Crippen molar-refractivity contribution >= 4 is 22.6 Å². The second-order valence-electron chi connectivity index (χ2n) is 7.35. The first-order valence-electron chi connectivity index (χ1n) is 9.77. The van der Waals surface area contributed by atoms with Gasteiger partial charge in [-0.25, -0.2) is 4.39 Å². The van der Waals surface area contributed by atoms with E-state index in [9.17, 15) is 14.0 Å². The van der Waals surface area contributed by atoms with Crippen molar-refractivity contribution in [2.45, 2.75) is 0 Å². The Balaban J connectivity index is 1.40. The van der Waals surface area contributed by atoms with Gasteiger partial charge in [0, 0.05) is 50.2 Å². The number of carbonyl (C=O) groups excluding carboxylic acids is 2. The molecule has 1 saturated heterocycles. The molecule has 1 aromatic heterocycles. The van der Waals surface area contributed by atoms with Crippen LogP contribution in [0.4, 0.5) is 4.39 Å². The number of hydrogen-bond donors (Lipinski definition) is 0. The van der Waals surface area contributed by atoms with Crippen LogP contribution in [0.3, 0.4) is 0 Å². The molecule has 1 fully saturated rings. The Bertz CT molecular complexity index is 1090. The smallest absolute Gasteiger partial charge is 0.275 e. The molecular weight excluding hydrogens is 387 g/mol. The van der Waals surface area contributed by atoms with E-state index >= 15 is 0 Å². The molecule has 30 heavy (non-hydrogen) atoms. The summed E-state index contributed by atoms with van der Waals surface area (Å²) in [6, 6.07) is 11.1. The van der Waals surface area contributed by atoms with Crippen LogP contribution in [-0.4, -0.2) is 71.1 Å². The molecule has 7 nitrogen and oxygen atoms in total. The van der Waals surface area contributed by atoms with E-state index in [-0.39, 0.29) is 24.1 Å². The first-order chi connectivity index (χ1) is 14.5. The standard InChI is InChI=1S/C22H23FN4O3/c1-25-19-13-17(30-2)7-8-18(19)21(24-25)22(29)27-11-9-26(10-12-27)14-20(28)15-3-5-16(23)6-4-15/h3-8,13H,9-12,14H2,1-2H3. The van der Waals surface area contributed by atoms with Crippen LogP contribution >= 0.6 is 0 Å². The third kappa shape index (κ3) is 3.91. The summed E-state index contributed by atoms with van der Waals surface area (Å²) in [6.07, 6.45) is 0. The number of Topliss-reactive ketones (excluding diaryl/α,β-unsaturated/α-hetero) is 1. The molecule has 0 radical (unpaired) electrons. The number of aromatic nitrogens is 2. The number of halogens is 1. The Morgan fingerprint density at radius 3 is 2.43 bits per heavy atom. The number of piperazine rings is 1. The number of nitrogens with zero attached hydrogens (tertiary/aromatic N) is 4. The van der Waals surface area contributed by atoms with E-state index in [1.807, 2.05) is 23.1 Å². The van der Waals surface area contributed by atoms with Gasteiger partial charge in [0.05, 0.1) is 19.2 Å². The van der Waals surface area contributed by atoms with Gasteiger partial charge in [0.15, 0.2) is 11.5 Å². The third-order valence-corrected chi connectivity index (χ3v) is 5.45. The zero-order valence-corrected chi connectivity index (χ0v) is 17.0. The van der Waals surface area contributed by atoms with Crippen LogP contribution in [0.2, 0.25) is 0 Å². The number of ether oxygens (including phenoxy) is 1. The van der Waals surface area contributed by atoms with Gasteiger partial charge in [-0.1, -0.05) is 0 Å². The molecule has 1 aliphatic rings. The zero-order valence-electron chi connectivity index (χ0n) is 17.0. The lowest BCUT2D eigenvalue weighted by atomic mass is 10.1. The summed E-state index contributed by atoms with van der Waals surface area (Å²) in [5, 5.41) is 5.22. The van der Waals surface area contributed by atoms with E-state index in [1.54, 1.807) is 23.7 Å². The predicted octanol–water partition coefficient (Wildman–Crippen LogP) is 2.36. The number of aryl methyl sites for hydroxylation is 1. The van der Waals surface area contributed by atoms with Crippen LogP contribution in [0.15, 0.2) is 42.5 Å². The number of rotatable bonds is 5. The monoisotopic (exact) mass is 410 g/mol. The van der Waals surface area contributed by atoms with Crippen molar-refractivity contribution in [3.8, 4) is 5.75 Å². The number of ketones is 1. The molecule has 8 heteroatoms. The minimum absolute atomic E-state index is 0.0561. The number of benzene rings is 2. The predicted molar refractivity (Wildman–Crippen MR) is 110 cm³/mol. The maximum absolute atomic E-state index is 13.1. The maximum Gasteiger partial charge on any atom is 0.275 e. The fourth-order valence-corrected chi connectivity index (χ4v) is 3.71. The van der Waals surface area contributed by atoms with Crippen LogP contribution in [0.5, 0.6) is 5.75 Å². The van der Waals surface area contributed by atoms with Gasteiger partial charge in [-0.3, -0.25) is 19.2 Å². The van der Waals surface area contributed by atoms with E-state index in [4.69, 9.17) is 4.74 Å². The largest absolute Gasteiger partial charge is 0.497 e. The summed E-state index contributed by atoms with van der Waals surface area (Å²) in [5.41, 5.74) is 1.75. The lowest BCUT2D eigenvalue weighted by Gasteiger charge is -2.34. The molecule has 156 valence electrons. The molecule has 0 atom stereocenters. The summed E-state index contributed by atoms with van der Waals surface area (Å²) in [6.45, 7) is 2.47. The van der Waals surface area contributed by atoms with Gasteiger partial charge in [-0.2, -0.15) is 5.10 Å². The van der Waals surface area contributed by atoms with Crippen molar-refractivity contribution in [1.29, 1.82) is 0 Å². The highest BCUT2D eigenvalue weighted by Crippen LogP contribution is 2.24. The molecule has 1 amide bonds. The topological polar surface area (TPSA) is 67.7 Å². The molecular formula is C22H23FN4O3. The Labute approximate surface area is 173 Å². The fraction of sp³-hybridized carbons (Fsp3) is 0.318. The third-order valence-electron chi connectivity index (χ3n) is 5.45. The van der Waals surface area contributed by atoms with Gasteiger partial charge in [-0.15, -0.1) is 0 Å². The minimum atomic E-state index is -0.362. The number of hydrogen-bond acceptors (Lipinski definition) is 5. The van der Waals surface area contributed by atoms with Crippen LogP contribution in [0, 0.1) is 5.82 Å². The van der Waals surface area contributed by atoms with Crippen molar-refractivity contribution in [2.75, 3.05) is 39.8 Å². The van der Waals surface area contributed by atoms with Crippen LogP contribution in [0.1, 0.15) is 20.8 Å². The summed E-state index contributed by atoms with van der Waals surface area (Å²) in [5.74, 6) is 0.179. The second kappa shape index (κ2) is 8.23. The summed E-state index contributed by atoms with van der Waals surface area (Å²) < 4.78 is 20.0. The average Bonchev–Trinajstić information content (AvgIpc) is 3.10. The molecule has 3 aromatic rings. The van der Waals surface area contributed by atoms with Crippen molar-refractivity contribution in [3.63, 3.8) is 0 Å². The Morgan fingerprint density at radius 2 is 1.77 bits per heavy atom. The molecule has 0 saturated carbocycles. The van der Waals surface area contributed by atoms with Gasteiger partial charge in [0.2, 0.25) is 0 Å². The molecule has 0 aliphatic carbocycles. The second-order valence-corrected chi connectivity index (χ2v) is 7.35. The van der Waals surface area contributed by atoms with E-state index in [1.165, 1.54) is 24.3 Å². The lowest BCUT2D eigenvalue weighted by Crippen LogP contribution is -2.50. The Hall–Kier alpha value is -3.26. The first-order valence-corrected chi connectivity index (χ1v) is 9.77. The van der Waals surface area contributed by atoms with Gasteiger partial charge < -0.3 is 9.64 Å². The zero-order chi connectivity index (χ0) is 21.3. The highest BCUT2D eigenvalue weighted by atomic mass is 19.1. The van der Waals surface area contributed by atoms with Crippen LogP contribution in [-0.2, 0) is 7.05 Å². The summed E-state index contributed by atoms with van der Waals surface area (Å²) >= 11 is 0. The van der Waals surface area contributed by atoms with E-state index < -0.39 is 0 Å². The highest BCUT2D eigenvalue weighted by Gasteiger charge is 2.27. The Morgan fingerprint density at radius 1 is 1.07 bits per heavy atom. The molecule has 0 spiro atoms.